The van der Waals surface area contributed by atoms with Gasteiger partial charge in [-0.15, -0.1) is 0 Å². The normalized spacial score (nSPS) is 13.6. The van der Waals surface area contributed by atoms with Crippen LogP contribution in [0.15, 0.2) is 47.1 Å². The van der Waals surface area contributed by atoms with Crippen LogP contribution in [-0.4, -0.2) is 42.1 Å². The van der Waals surface area contributed by atoms with Crippen molar-refractivity contribution in [2.45, 2.75) is 25.4 Å². The molecular weight excluding hydrogens is 380 g/mol. The lowest BCUT2D eigenvalue weighted by Gasteiger charge is -2.16. The number of hydrogen-bond acceptors (Lipinski definition) is 7. The monoisotopic (exact) mass is 402 g/mol. The molecular formula is C17H22O7S2. The first kappa shape index (κ1) is 20.6. The highest BCUT2D eigenvalue weighted by molar-refractivity contribution is 7.86. The zero-order valence-corrected chi connectivity index (χ0v) is 16.3. The van der Waals surface area contributed by atoms with Gasteiger partial charge < -0.3 is 4.42 Å². The van der Waals surface area contributed by atoms with E-state index in [4.69, 9.17) is 8.60 Å². The van der Waals surface area contributed by atoms with Crippen molar-refractivity contribution in [2.75, 3.05) is 19.1 Å². The third-order valence-electron chi connectivity index (χ3n) is 3.56. The topological polar surface area (TPSA) is 99.9 Å². The third kappa shape index (κ3) is 7.69. The van der Waals surface area contributed by atoms with Crippen molar-refractivity contribution >= 4 is 20.2 Å². The second-order valence-electron chi connectivity index (χ2n) is 5.95. The van der Waals surface area contributed by atoms with E-state index in [0.29, 0.717) is 12.8 Å². The molecule has 0 saturated heterocycles. The lowest BCUT2D eigenvalue weighted by Crippen LogP contribution is -2.21. The number of aryl methyl sites for hydroxylation is 1. The highest BCUT2D eigenvalue weighted by Crippen LogP contribution is 2.21. The van der Waals surface area contributed by atoms with Crippen molar-refractivity contribution in [1.82, 2.24) is 0 Å². The smallest absolute Gasteiger partial charge is 0.264 e. The van der Waals surface area contributed by atoms with Crippen molar-refractivity contribution in [3.05, 3.63) is 48.2 Å². The van der Waals surface area contributed by atoms with Crippen molar-refractivity contribution < 1.29 is 29.6 Å². The predicted molar refractivity (Wildman–Crippen MR) is 97.6 cm³/mol. The number of furan rings is 1. The first-order valence-corrected chi connectivity index (χ1v) is 11.6. The summed E-state index contributed by atoms with van der Waals surface area (Å²) in [5, 5.41) is 0. The fourth-order valence-corrected chi connectivity index (χ4v) is 3.51. The van der Waals surface area contributed by atoms with E-state index in [1.54, 1.807) is 6.26 Å². The summed E-state index contributed by atoms with van der Waals surface area (Å²) in [6.07, 6.45) is 4.02. The molecule has 0 radical (unpaired) electrons. The van der Waals surface area contributed by atoms with Crippen molar-refractivity contribution in [3.63, 3.8) is 0 Å². The molecule has 1 aromatic carbocycles. The molecule has 9 heteroatoms. The third-order valence-corrected chi connectivity index (χ3v) is 4.78. The van der Waals surface area contributed by atoms with Crippen LogP contribution in [0.3, 0.4) is 0 Å². The molecule has 0 aliphatic rings. The summed E-state index contributed by atoms with van der Waals surface area (Å²) in [5.41, 5.74) is 1.95. The molecule has 7 nitrogen and oxygen atoms in total. The van der Waals surface area contributed by atoms with E-state index < -0.39 is 26.3 Å². The molecule has 1 aromatic heterocycles. The SMILES string of the molecule is CS(=O)(=O)OCCC(CCc1ccc(-c2ccco2)cc1)OS(C)(=O)=O. The van der Waals surface area contributed by atoms with E-state index >= 15 is 0 Å². The first-order chi connectivity index (χ1) is 12.1. The van der Waals surface area contributed by atoms with Gasteiger partial charge in [-0.05, 0) is 37.0 Å². The van der Waals surface area contributed by atoms with E-state index in [-0.39, 0.29) is 13.0 Å². The number of hydrogen-bond donors (Lipinski definition) is 0. The van der Waals surface area contributed by atoms with Crippen molar-refractivity contribution in [2.24, 2.45) is 0 Å². The molecule has 0 amide bonds. The fraction of sp³-hybridized carbons (Fsp3) is 0.412. The number of benzene rings is 1. The lowest BCUT2D eigenvalue weighted by atomic mass is 10.0. The van der Waals surface area contributed by atoms with Gasteiger partial charge in [0, 0.05) is 5.56 Å². The Bertz CT molecular complexity index is 883. The summed E-state index contributed by atoms with van der Waals surface area (Å²) < 4.78 is 59.9. The predicted octanol–water partition coefficient (Wildman–Crippen LogP) is 2.59. The van der Waals surface area contributed by atoms with E-state index in [9.17, 15) is 16.8 Å². The summed E-state index contributed by atoms with van der Waals surface area (Å²) in [5.74, 6) is 0.771. The van der Waals surface area contributed by atoms with Crippen LogP contribution in [0.25, 0.3) is 11.3 Å². The molecule has 0 N–H and O–H groups in total. The standard InChI is InChI=1S/C17H22O7S2/c1-25(18,19)23-13-11-16(24-26(2,20)21)10-7-14-5-8-15(9-6-14)17-4-3-12-22-17/h3-6,8-9,12,16H,7,10-11,13H2,1-2H3. The van der Waals surface area contributed by atoms with Crippen LogP contribution in [0.1, 0.15) is 18.4 Å². The quantitative estimate of drug-likeness (QED) is 0.563. The molecule has 2 aromatic rings. The Morgan fingerprint density at radius 1 is 0.962 bits per heavy atom. The second-order valence-corrected chi connectivity index (χ2v) is 9.19. The second kappa shape index (κ2) is 8.81. The van der Waals surface area contributed by atoms with Gasteiger partial charge in [-0.25, -0.2) is 0 Å². The molecule has 2 rings (SSSR count). The average molecular weight is 402 g/mol. The van der Waals surface area contributed by atoms with Gasteiger partial charge >= 0.3 is 0 Å². The van der Waals surface area contributed by atoms with Crippen molar-refractivity contribution in [1.29, 1.82) is 0 Å². The highest BCUT2D eigenvalue weighted by atomic mass is 32.2. The summed E-state index contributed by atoms with van der Waals surface area (Å²) in [6.45, 7) is -0.129. The van der Waals surface area contributed by atoms with Crippen LogP contribution >= 0.6 is 0 Å². The van der Waals surface area contributed by atoms with Crippen LogP contribution in [0.5, 0.6) is 0 Å². The van der Waals surface area contributed by atoms with Crippen LogP contribution in [-0.2, 0) is 35.0 Å². The Hall–Kier alpha value is -1.68. The van der Waals surface area contributed by atoms with E-state index in [0.717, 1.165) is 29.4 Å². The maximum Gasteiger partial charge on any atom is 0.264 e. The average Bonchev–Trinajstić information content (AvgIpc) is 3.05. The fourth-order valence-electron chi connectivity index (χ4n) is 2.42. The van der Waals surface area contributed by atoms with Gasteiger partial charge in [-0.1, -0.05) is 24.3 Å². The van der Waals surface area contributed by atoms with Gasteiger partial charge in [0.2, 0.25) is 0 Å². The van der Waals surface area contributed by atoms with Gasteiger partial charge in [0.25, 0.3) is 20.2 Å². The minimum Gasteiger partial charge on any atom is -0.464 e. The van der Waals surface area contributed by atoms with Gasteiger partial charge in [0.05, 0.1) is 31.5 Å². The maximum absolute atomic E-state index is 11.4. The summed E-state index contributed by atoms with van der Waals surface area (Å²) in [7, 11) is -7.22. The molecule has 1 heterocycles. The van der Waals surface area contributed by atoms with Gasteiger partial charge in [0.15, 0.2) is 0 Å². The minimum atomic E-state index is -3.65. The number of rotatable bonds is 10. The van der Waals surface area contributed by atoms with Crippen LogP contribution in [0.2, 0.25) is 0 Å². The molecule has 0 aliphatic heterocycles. The van der Waals surface area contributed by atoms with Crippen LogP contribution in [0.4, 0.5) is 0 Å². The molecule has 144 valence electrons. The summed E-state index contributed by atoms with van der Waals surface area (Å²) in [4.78, 5) is 0. The minimum absolute atomic E-state index is 0.129. The molecule has 0 fully saturated rings. The maximum atomic E-state index is 11.4. The molecule has 26 heavy (non-hydrogen) atoms. The Balaban J connectivity index is 1.94. The van der Waals surface area contributed by atoms with Crippen LogP contribution in [0, 0.1) is 0 Å². The molecule has 0 aliphatic carbocycles. The molecule has 0 saturated carbocycles. The molecule has 1 unspecified atom stereocenters. The zero-order valence-electron chi connectivity index (χ0n) is 14.6. The van der Waals surface area contributed by atoms with Crippen molar-refractivity contribution in [3.8, 4) is 11.3 Å². The Morgan fingerprint density at radius 2 is 1.65 bits per heavy atom. The van der Waals surface area contributed by atoms with E-state index in [1.807, 2.05) is 36.4 Å². The Morgan fingerprint density at radius 3 is 2.19 bits per heavy atom. The highest BCUT2D eigenvalue weighted by Gasteiger charge is 2.17. The van der Waals surface area contributed by atoms with Gasteiger partial charge in [-0.3, -0.25) is 8.37 Å². The first-order valence-electron chi connectivity index (χ1n) is 7.98. The largest absolute Gasteiger partial charge is 0.464 e. The summed E-state index contributed by atoms with van der Waals surface area (Å²) >= 11 is 0. The van der Waals surface area contributed by atoms with Crippen LogP contribution < -0.4 is 0 Å². The summed E-state index contributed by atoms with van der Waals surface area (Å²) in [6, 6.07) is 11.4. The molecule has 0 bridgehead atoms. The molecule has 0 spiro atoms. The lowest BCUT2D eigenvalue weighted by molar-refractivity contribution is 0.163. The van der Waals surface area contributed by atoms with Gasteiger partial charge in [0.1, 0.15) is 5.76 Å². The van der Waals surface area contributed by atoms with E-state index in [1.165, 1.54) is 0 Å². The van der Waals surface area contributed by atoms with Gasteiger partial charge in [-0.2, -0.15) is 16.8 Å². The zero-order chi connectivity index (χ0) is 19.2. The van der Waals surface area contributed by atoms with E-state index in [2.05, 4.69) is 4.18 Å². The molecule has 1 atom stereocenters. The Kier molecular flexibility index (Phi) is 6.99. The Labute approximate surface area is 154 Å².